The largest absolute Gasteiger partial charge is 0.503 e. The molecule has 0 bridgehead atoms. The van der Waals surface area contributed by atoms with Gasteiger partial charge in [0.2, 0.25) is 0 Å². The monoisotopic (exact) mass is 162 g/mol. The normalized spacial score (nSPS) is 21.8. The van der Waals surface area contributed by atoms with Crippen molar-refractivity contribution in [1.82, 2.24) is 0 Å². The van der Waals surface area contributed by atoms with E-state index in [0.717, 1.165) is 6.42 Å². The Bertz CT molecular complexity index is 266. The van der Waals surface area contributed by atoms with Crippen LogP contribution in [0.3, 0.4) is 0 Å². The van der Waals surface area contributed by atoms with Crippen LogP contribution in [0.2, 0.25) is 0 Å². The molecule has 2 rings (SSSR count). The van der Waals surface area contributed by atoms with Crippen molar-refractivity contribution in [2.75, 3.05) is 6.61 Å². The molecule has 62 valence electrons. The highest BCUT2D eigenvalue weighted by atomic mass is 16.6. The van der Waals surface area contributed by atoms with Crippen LogP contribution < -0.4 is 0 Å². The molecule has 1 heterocycles. The minimum Gasteiger partial charge on any atom is -0.503 e. The van der Waals surface area contributed by atoms with Gasteiger partial charge >= 0.3 is 0 Å². The summed E-state index contributed by atoms with van der Waals surface area (Å²) in [7, 11) is 0. The fourth-order valence-corrected chi connectivity index (χ4v) is 1.26. The molecule has 0 saturated carbocycles. The van der Waals surface area contributed by atoms with Crippen LogP contribution in [0.4, 0.5) is 0 Å². The Morgan fingerprint density at radius 1 is 1.33 bits per heavy atom. The minimum absolute atomic E-state index is 0.125. The van der Waals surface area contributed by atoms with Crippen LogP contribution in [0.1, 0.15) is 18.1 Å². The van der Waals surface area contributed by atoms with Gasteiger partial charge in [-0.3, -0.25) is 0 Å². The van der Waals surface area contributed by atoms with Crippen LogP contribution in [0.25, 0.3) is 0 Å². The maximum Gasteiger partial charge on any atom is 0.181 e. The summed E-state index contributed by atoms with van der Waals surface area (Å²) in [5, 5.41) is 0. The topological polar surface area (TPSA) is 20.5 Å². The first-order chi connectivity index (χ1) is 5.97. The highest BCUT2D eigenvalue weighted by Crippen LogP contribution is 2.21. The average Bonchev–Trinajstić information content (AvgIpc) is 2.21. The maximum absolute atomic E-state index is 5.19. The highest BCUT2D eigenvalue weighted by molar-refractivity contribution is 5.41. The molecule has 0 amide bonds. The van der Waals surface area contributed by atoms with Gasteiger partial charge in [0.25, 0.3) is 0 Å². The number of benzene rings is 1. The number of rotatable bonds is 1. The van der Waals surface area contributed by atoms with Gasteiger partial charge in [0.05, 0.1) is 6.42 Å². The zero-order valence-electron chi connectivity index (χ0n) is 6.69. The summed E-state index contributed by atoms with van der Waals surface area (Å²) in [6, 6.07) is 10.1. The molecule has 0 aromatic heterocycles. The summed E-state index contributed by atoms with van der Waals surface area (Å²) < 4.78 is 10.0. The summed E-state index contributed by atoms with van der Waals surface area (Å²) in [6.45, 7) is 3.13. The smallest absolute Gasteiger partial charge is 0.181 e. The van der Waals surface area contributed by atoms with E-state index in [1.54, 1.807) is 0 Å². The van der Waals surface area contributed by atoms with Crippen LogP contribution in [-0.2, 0) is 9.16 Å². The van der Waals surface area contributed by atoms with Crippen LogP contribution in [0.5, 0.6) is 0 Å². The van der Waals surface area contributed by atoms with E-state index < -0.39 is 0 Å². The Morgan fingerprint density at radius 2 is 2.17 bits per heavy atom. The van der Waals surface area contributed by atoms with Crippen LogP contribution >= 0.6 is 0 Å². The van der Waals surface area contributed by atoms with Crippen LogP contribution in [-0.4, -0.2) is 13.1 Å². The summed E-state index contributed by atoms with van der Waals surface area (Å²) in [4.78, 5) is 0. The molecule has 0 saturated heterocycles. The molecule has 0 fully saturated rings. The third-order valence-corrected chi connectivity index (χ3v) is 1.90. The van der Waals surface area contributed by atoms with Crippen molar-refractivity contribution in [2.45, 2.75) is 12.5 Å². The van der Waals surface area contributed by atoms with E-state index >= 15 is 0 Å². The Balaban J connectivity index is 2.15. The van der Waals surface area contributed by atoms with Crippen molar-refractivity contribution in [2.24, 2.45) is 0 Å². The zero-order chi connectivity index (χ0) is 8.23. The van der Waals surface area contributed by atoms with Gasteiger partial charge in [-0.15, -0.1) is 0 Å². The molecule has 1 aromatic rings. The molecule has 0 spiro atoms. The second-order valence-corrected chi connectivity index (χ2v) is 2.74. The van der Waals surface area contributed by atoms with Crippen molar-refractivity contribution >= 4 is 6.47 Å². The summed E-state index contributed by atoms with van der Waals surface area (Å²) in [5.74, 6) is 0. The molecule has 1 aliphatic heterocycles. The van der Waals surface area contributed by atoms with Crippen LogP contribution in [0, 0.1) is 0 Å². The molecule has 2 nitrogen and oxygen atoms in total. The Morgan fingerprint density at radius 3 is 2.83 bits per heavy atom. The van der Waals surface area contributed by atoms with Crippen molar-refractivity contribution in [3.05, 3.63) is 35.9 Å². The third-order valence-electron chi connectivity index (χ3n) is 1.90. The van der Waals surface area contributed by atoms with Gasteiger partial charge in [0, 0.05) is 5.56 Å². The van der Waals surface area contributed by atoms with E-state index in [4.69, 9.17) is 9.16 Å². The van der Waals surface area contributed by atoms with Gasteiger partial charge in [-0.2, -0.15) is 0 Å². The third kappa shape index (κ3) is 1.47. The SMILES string of the molecule is [C-]1=[O+]CCC(c2ccccc2)O1. The molecule has 0 aliphatic carbocycles. The van der Waals surface area contributed by atoms with Gasteiger partial charge in [0.1, 0.15) is 6.61 Å². The van der Waals surface area contributed by atoms with Gasteiger partial charge in [0.15, 0.2) is 12.6 Å². The second-order valence-electron chi connectivity index (χ2n) is 2.74. The zero-order valence-corrected chi connectivity index (χ0v) is 6.69. The Labute approximate surface area is 71.5 Å². The molecule has 0 N–H and O–H groups in total. The Kier molecular flexibility index (Phi) is 2.08. The van der Waals surface area contributed by atoms with Crippen molar-refractivity contribution < 1.29 is 9.16 Å². The second kappa shape index (κ2) is 3.39. The highest BCUT2D eigenvalue weighted by Gasteiger charge is 2.15. The standard InChI is InChI=1S/C10H10O2/c1-2-4-9(5-3-1)10-6-7-11-8-12-10/h1-5,10H,6-7H2. The van der Waals surface area contributed by atoms with E-state index in [1.807, 2.05) is 18.2 Å². The van der Waals surface area contributed by atoms with Gasteiger partial charge in [-0.05, 0) is 0 Å². The van der Waals surface area contributed by atoms with Crippen LogP contribution in [0.15, 0.2) is 30.3 Å². The first kappa shape index (κ1) is 7.35. The van der Waals surface area contributed by atoms with Gasteiger partial charge in [-0.25, -0.2) is 0 Å². The van der Waals surface area contributed by atoms with Gasteiger partial charge < -0.3 is 9.16 Å². The predicted octanol–water partition coefficient (Wildman–Crippen LogP) is 1.75. The molecular formula is C10H10O2. The molecule has 0 radical (unpaired) electrons. The maximum atomic E-state index is 5.19. The molecule has 1 aliphatic rings. The molecule has 1 unspecified atom stereocenters. The first-order valence-electron chi connectivity index (χ1n) is 4.04. The van der Waals surface area contributed by atoms with E-state index in [-0.39, 0.29) is 6.10 Å². The van der Waals surface area contributed by atoms with Crippen molar-refractivity contribution in [1.29, 1.82) is 0 Å². The average molecular weight is 162 g/mol. The van der Waals surface area contributed by atoms with Crippen molar-refractivity contribution in [3.8, 4) is 0 Å². The summed E-state index contributed by atoms with van der Waals surface area (Å²) in [6.07, 6.45) is 1.02. The minimum atomic E-state index is 0.125. The lowest BCUT2D eigenvalue weighted by atomic mass is 10.1. The molecule has 1 atom stereocenters. The molecule has 12 heavy (non-hydrogen) atoms. The number of hydrogen-bond donors (Lipinski definition) is 0. The Hall–Kier alpha value is -1.31. The number of ether oxygens (including phenoxy) is 1. The number of hydrogen-bond acceptors (Lipinski definition) is 1. The number of carbonyl (C=O) groups excluding carboxylic acids is 1. The van der Waals surface area contributed by atoms with Gasteiger partial charge in [-0.1, -0.05) is 30.3 Å². The molecular weight excluding hydrogens is 152 g/mol. The van der Waals surface area contributed by atoms with Crippen molar-refractivity contribution in [3.63, 3.8) is 0 Å². The lowest BCUT2D eigenvalue weighted by molar-refractivity contribution is -0.0101. The predicted molar refractivity (Wildman–Crippen MR) is 45.4 cm³/mol. The van der Waals surface area contributed by atoms with E-state index in [0.29, 0.717) is 6.61 Å². The summed E-state index contributed by atoms with van der Waals surface area (Å²) in [5.41, 5.74) is 1.19. The molecule has 1 aromatic carbocycles. The fraction of sp³-hybridized carbons (Fsp3) is 0.300. The van der Waals surface area contributed by atoms with E-state index in [2.05, 4.69) is 18.6 Å². The lowest BCUT2D eigenvalue weighted by Crippen LogP contribution is -2.11. The van der Waals surface area contributed by atoms with E-state index in [9.17, 15) is 0 Å². The van der Waals surface area contributed by atoms with E-state index in [1.165, 1.54) is 5.56 Å². The first-order valence-corrected chi connectivity index (χ1v) is 4.04. The molecule has 2 heteroatoms. The fourth-order valence-electron chi connectivity index (χ4n) is 1.26. The number of cyclic esters (lactones) is 1. The quantitative estimate of drug-likeness (QED) is 0.455. The summed E-state index contributed by atoms with van der Waals surface area (Å²) >= 11 is 0. The lowest BCUT2D eigenvalue weighted by Gasteiger charge is -2.17.